The standard InChI is InChI=1S/C8H5Cl2NO4/c1-15-6-3-4(9)2-5(11(13)14)7(6)8(10)12/h2-3H,1H3. The van der Waals surface area contributed by atoms with Crippen molar-refractivity contribution in [3.63, 3.8) is 0 Å². The number of benzene rings is 1. The van der Waals surface area contributed by atoms with Crippen LogP contribution in [0.4, 0.5) is 5.69 Å². The highest BCUT2D eigenvalue weighted by molar-refractivity contribution is 6.68. The molecule has 1 aromatic carbocycles. The lowest BCUT2D eigenvalue weighted by Gasteiger charge is -2.05. The molecule has 1 rings (SSSR count). The quantitative estimate of drug-likeness (QED) is 0.469. The monoisotopic (exact) mass is 249 g/mol. The number of hydrogen-bond donors (Lipinski definition) is 0. The van der Waals surface area contributed by atoms with Gasteiger partial charge in [0.05, 0.1) is 17.1 Å². The first-order chi connectivity index (χ1) is 6.97. The Morgan fingerprint density at radius 2 is 2.13 bits per heavy atom. The molecule has 0 aliphatic rings. The number of hydrogen-bond acceptors (Lipinski definition) is 4. The van der Waals surface area contributed by atoms with Crippen molar-refractivity contribution < 1.29 is 14.5 Å². The first-order valence-corrected chi connectivity index (χ1v) is 4.44. The van der Waals surface area contributed by atoms with Gasteiger partial charge in [-0.15, -0.1) is 0 Å². The maximum atomic E-state index is 11.0. The van der Waals surface area contributed by atoms with Crippen molar-refractivity contribution in [1.29, 1.82) is 0 Å². The second kappa shape index (κ2) is 4.46. The average Bonchev–Trinajstić information content (AvgIpc) is 2.15. The average molecular weight is 250 g/mol. The van der Waals surface area contributed by atoms with Gasteiger partial charge in [0.1, 0.15) is 5.75 Å². The Labute approximate surface area is 94.7 Å². The molecule has 80 valence electrons. The molecule has 0 bridgehead atoms. The molecule has 0 aliphatic carbocycles. The van der Waals surface area contributed by atoms with Crippen molar-refractivity contribution in [2.24, 2.45) is 0 Å². The lowest BCUT2D eigenvalue weighted by atomic mass is 10.2. The summed E-state index contributed by atoms with van der Waals surface area (Å²) in [4.78, 5) is 20.9. The van der Waals surface area contributed by atoms with Gasteiger partial charge >= 0.3 is 0 Å². The summed E-state index contributed by atoms with van der Waals surface area (Å²) >= 11 is 10.8. The number of ether oxygens (including phenoxy) is 1. The zero-order valence-electron chi connectivity index (χ0n) is 7.49. The summed E-state index contributed by atoms with van der Waals surface area (Å²) in [7, 11) is 1.26. The highest BCUT2D eigenvalue weighted by Crippen LogP contribution is 2.33. The third kappa shape index (κ3) is 2.37. The largest absolute Gasteiger partial charge is 0.496 e. The molecular formula is C8H5Cl2NO4. The summed E-state index contributed by atoms with van der Waals surface area (Å²) in [5.41, 5.74) is -0.770. The van der Waals surface area contributed by atoms with Crippen LogP contribution in [0.5, 0.6) is 5.75 Å². The zero-order valence-corrected chi connectivity index (χ0v) is 9.00. The van der Waals surface area contributed by atoms with Crippen molar-refractivity contribution in [1.82, 2.24) is 0 Å². The predicted molar refractivity (Wildman–Crippen MR) is 54.8 cm³/mol. The molecule has 0 heterocycles. The maximum absolute atomic E-state index is 11.0. The van der Waals surface area contributed by atoms with Crippen LogP contribution in [0.1, 0.15) is 10.4 Å². The van der Waals surface area contributed by atoms with Gasteiger partial charge in [0.15, 0.2) is 5.56 Å². The second-order valence-corrected chi connectivity index (χ2v) is 3.31. The molecule has 0 aromatic heterocycles. The molecule has 1 aromatic rings. The van der Waals surface area contributed by atoms with Crippen LogP contribution in [0.2, 0.25) is 5.02 Å². The highest BCUT2D eigenvalue weighted by Gasteiger charge is 2.24. The van der Waals surface area contributed by atoms with E-state index in [1.807, 2.05) is 0 Å². The van der Waals surface area contributed by atoms with Crippen molar-refractivity contribution in [2.45, 2.75) is 0 Å². The number of methoxy groups -OCH3 is 1. The van der Waals surface area contributed by atoms with E-state index >= 15 is 0 Å². The van der Waals surface area contributed by atoms with E-state index in [1.165, 1.54) is 13.2 Å². The van der Waals surface area contributed by atoms with Crippen LogP contribution in [0.15, 0.2) is 12.1 Å². The number of halogens is 2. The van der Waals surface area contributed by atoms with Gasteiger partial charge in [-0.05, 0) is 11.6 Å². The van der Waals surface area contributed by atoms with E-state index in [9.17, 15) is 14.9 Å². The SMILES string of the molecule is COc1cc(Cl)cc([N+](=O)[O-])c1C(=O)Cl. The van der Waals surface area contributed by atoms with Gasteiger partial charge < -0.3 is 4.74 Å². The van der Waals surface area contributed by atoms with Crippen LogP contribution < -0.4 is 4.74 Å². The summed E-state index contributed by atoms with van der Waals surface area (Å²) < 4.78 is 4.78. The van der Waals surface area contributed by atoms with Gasteiger partial charge in [-0.1, -0.05) is 11.6 Å². The molecule has 0 atom stereocenters. The van der Waals surface area contributed by atoms with Gasteiger partial charge in [0, 0.05) is 12.1 Å². The Morgan fingerprint density at radius 3 is 2.53 bits per heavy atom. The smallest absolute Gasteiger partial charge is 0.286 e. The van der Waals surface area contributed by atoms with Gasteiger partial charge in [-0.3, -0.25) is 14.9 Å². The van der Waals surface area contributed by atoms with E-state index < -0.39 is 15.9 Å². The van der Waals surface area contributed by atoms with Crippen molar-refractivity contribution >= 4 is 34.1 Å². The minimum absolute atomic E-state index is 0.0193. The summed E-state index contributed by atoms with van der Waals surface area (Å²) in [6, 6.07) is 2.32. The van der Waals surface area contributed by atoms with Crippen molar-refractivity contribution in [2.75, 3.05) is 7.11 Å². The van der Waals surface area contributed by atoms with Crippen LogP contribution in [0, 0.1) is 10.1 Å². The number of nitrogens with zero attached hydrogens (tertiary/aromatic N) is 1. The number of carbonyl (C=O) groups is 1. The van der Waals surface area contributed by atoms with Gasteiger partial charge in [-0.25, -0.2) is 0 Å². The summed E-state index contributed by atoms with van der Waals surface area (Å²) in [6.07, 6.45) is 0. The Bertz CT molecular complexity index is 433. The number of nitro groups is 1. The third-order valence-electron chi connectivity index (χ3n) is 1.66. The summed E-state index contributed by atoms with van der Waals surface area (Å²) in [5, 5.41) is 9.76. The third-order valence-corrected chi connectivity index (χ3v) is 2.07. The highest BCUT2D eigenvalue weighted by atomic mass is 35.5. The lowest BCUT2D eigenvalue weighted by molar-refractivity contribution is -0.385. The number of rotatable bonds is 3. The zero-order chi connectivity index (χ0) is 11.6. The lowest BCUT2D eigenvalue weighted by Crippen LogP contribution is -2.01. The first kappa shape index (κ1) is 11.7. The Balaban J connectivity index is 3.54. The number of nitro benzene ring substituents is 1. The van der Waals surface area contributed by atoms with E-state index in [2.05, 4.69) is 0 Å². The molecule has 0 fully saturated rings. The fourth-order valence-electron chi connectivity index (χ4n) is 1.07. The molecule has 0 saturated carbocycles. The van der Waals surface area contributed by atoms with E-state index in [0.717, 1.165) is 6.07 Å². The van der Waals surface area contributed by atoms with E-state index in [1.54, 1.807) is 0 Å². The fourth-order valence-corrected chi connectivity index (χ4v) is 1.46. The normalized spacial score (nSPS) is 9.80. The van der Waals surface area contributed by atoms with E-state index in [4.69, 9.17) is 27.9 Å². The van der Waals surface area contributed by atoms with Crippen LogP contribution in [0.25, 0.3) is 0 Å². The van der Waals surface area contributed by atoms with Crippen molar-refractivity contribution in [3.8, 4) is 5.75 Å². The Hall–Kier alpha value is -1.33. The molecule has 0 radical (unpaired) electrons. The maximum Gasteiger partial charge on any atom is 0.286 e. The Kier molecular flexibility index (Phi) is 3.49. The molecule has 0 amide bonds. The number of carbonyl (C=O) groups excluding carboxylic acids is 1. The van der Waals surface area contributed by atoms with Gasteiger partial charge in [0.2, 0.25) is 0 Å². The summed E-state index contributed by atoms with van der Waals surface area (Å²) in [6.45, 7) is 0. The van der Waals surface area contributed by atoms with Crippen LogP contribution >= 0.6 is 23.2 Å². The van der Waals surface area contributed by atoms with Crippen LogP contribution in [-0.4, -0.2) is 17.3 Å². The molecule has 5 nitrogen and oxygen atoms in total. The molecule has 0 N–H and O–H groups in total. The first-order valence-electron chi connectivity index (χ1n) is 3.69. The van der Waals surface area contributed by atoms with Crippen molar-refractivity contribution in [3.05, 3.63) is 32.8 Å². The van der Waals surface area contributed by atoms with Crippen LogP contribution in [0.3, 0.4) is 0 Å². The second-order valence-electron chi connectivity index (χ2n) is 2.53. The van der Waals surface area contributed by atoms with E-state index in [0.29, 0.717) is 0 Å². The minimum Gasteiger partial charge on any atom is -0.496 e. The molecule has 0 spiro atoms. The molecule has 0 saturated heterocycles. The molecule has 0 unspecified atom stereocenters. The topological polar surface area (TPSA) is 69.4 Å². The molecule has 0 aliphatic heterocycles. The molecule has 15 heavy (non-hydrogen) atoms. The van der Waals surface area contributed by atoms with E-state index in [-0.39, 0.29) is 16.3 Å². The Morgan fingerprint density at radius 1 is 1.53 bits per heavy atom. The minimum atomic E-state index is -0.963. The summed E-state index contributed by atoms with van der Waals surface area (Å²) in [5.74, 6) is -0.0193. The van der Waals surface area contributed by atoms with Gasteiger partial charge in [0.25, 0.3) is 10.9 Å². The molecular weight excluding hydrogens is 245 g/mol. The predicted octanol–water partition coefficient (Wildman–Crippen LogP) is 2.64. The fraction of sp³-hybridized carbons (Fsp3) is 0.125. The molecule has 7 heteroatoms. The van der Waals surface area contributed by atoms with Gasteiger partial charge in [-0.2, -0.15) is 0 Å². The van der Waals surface area contributed by atoms with Crippen LogP contribution in [-0.2, 0) is 0 Å².